The molecule has 0 atom stereocenters. The highest BCUT2D eigenvalue weighted by Gasteiger charge is 2.22. The molecule has 0 spiro atoms. The van der Waals surface area contributed by atoms with E-state index in [9.17, 15) is 4.79 Å². The third kappa shape index (κ3) is 3.64. The Morgan fingerprint density at radius 1 is 1.27 bits per heavy atom. The second-order valence-corrected chi connectivity index (χ2v) is 5.36. The molecular formula is C15H20ClN5O. The SMILES string of the molecule is Cl.NCc1nc(-c2ccc(NC(=O)C3CCCC3)cc2)n[nH]1. The maximum absolute atomic E-state index is 12.1. The molecule has 3 rings (SSSR count). The number of anilines is 1. The molecule has 1 aliphatic rings. The molecule has 2 aromatic rings. The van der Waals surface area contributed by atoms with E-state index >= 15 is 0 Å². The number of halogens is 1. The number of nitrogens with two attached hydrogens (primary N) is 1. The predicted molar refractivity (Wildman–Crippen MR) is 87.5 cm³/mol. The fourth-order valence-electron chi connectivity index (χ4n) is 2.65. The Kier molecular flexibility index (Phi) is 5.51. The quantitative estimate of drug-likeness (QED) is 0.806. The number of rotatable bonds is 4. The first-order valence-corrected chi connectivity index (χ1v) is 7.29. The molecule has 22 heavy (non-hydrogen) atoms. The first kappa shape index (κ1) is 16.5. The summed E-state index contributed by atoms with van der Waals surface area (Å²) in [6, 6.07) is 7.54. The van der Waals surface area contributed by atoms with Crippen LogP contribution in [0.4, 0.5) is 5.69 Å². The average molecular weight is 322 g/mol. The van der Waals surface area contributed by atoms with E-state index in [0.29, 0.717) is 18.2 Å². The number of hydrogen-bond acceptors (Lipinski definition) is 4. The first-order chi connectivity index (χ1) is 10.3. The third-order valence-corrected chi connectivity index (χ3v) is 3.86. The minimum absolute atomic E-state index is 0. The Morgan fingerprint density at radius 3 is 2.55 bits per heavy atom. The van der Waals surface area contributed by atoms with Gasteiger partial charge in [-0.1, -0.05) is 12.8 Å². The van der Waals surface area contributed by atoms with Crippen molar-refractivity contribution in [1.29, 1.82) is 0 Å². The topological polar surface area (TPSA) is 96.7 Å². The van der Waals surface area contributed by atoms with Crippen LogP contribution in [0.1, 0.15) is 31.5 Å². The molecule has 1 aromatic heterocycles. The van der Waals surface area contributed by atoms with Crippen molar-refractivity contribution >= 4 is 24.0 Å². The van der Waals surface area contributed by atoms with Crippen molar-refractivity contribution in [2.24, 2.45) is 11.7 Å². The second-order valence-electron chi connectivity index (χ2n) is 5.36. The zero-order valence-corrected chi connectivity index (χ0v) is 13.0. The molecule has 1 aromatic carbocycles. The Balaban J connectivity index is 0.00000176. The molecule has 1 aliphatic carbocycles. The minimum atomic E-state index is 0. The van der Waals surface area contributed by atoms with Crippen molar-refractivity contribution in [2.45, 2.75) is 32.2 Å². The Bertz CT molecular complexity index is 619. The zero-order valence-electron chi connectivity index (χ0n) is 12.2. The number of nitrogens with one attached hydrogen (secondary N) is 2. The summed E-state index contributed by atoms with van der Waals surface area (Å²) < 4.78 is 0. The molecule has 1 heterocycles. The van der Waals surface area contributed by atoms with Gasteiger partial charge >= 0.3 is 0 Å². The monoisotopic (exact) mass is 321 g/mol. The summed E-state index contributed by atoms with van der Waals surface area (Å²) in [6.07, 6.45) is 4.32. The van der Waals surface area contributed by atoms with Crippen molar-refractivity contribution in [1.82, 2.24) is 15.2 Å². The summed E-state index contributed by atoms with van der Waals surface area (Å²) in [6.45, 7) is 0.336. The molecule has 1 amide bonds. The van der Waals surface area contributed by atoms with Crippen LogP contribution in [0.2, 0.25) is 0 Å². The largest absolute Gasteiger partial charge is 0.326 e. The van der Waals surface area contributed by atoms with Crippen LogP contribution in [0, 0.1) is 5.92 Å². The fraction of sp³-hybridized carbons (Fsp3) is 0.400. The number of H-pyrrole nitrogens is 1. The van der Waals surface area contributed by atoms with E-state index in [1.807, 2.05) is 24.3 Å². The molecule has 0 saturated heterocycles. The van der Waals surface area contributed by atoms with Gasteiger partial charge in [-0.3, -0.25) is 9.89 Å². The van der Waals surface area contributed by atoms with Gasteiger partial charge in [0.1, 0.15) is 5.82 Å². The molecule has 1 fully saturated rings. The zero-order chi connectivity index (χ0) is 14.7. The number of aromatic amines is 1. The molecule has 0 unspecified atom stereocenters. The summed E-state index contributed by atoms with van der Waals surface area (Å²) in [4.78, 5) is 16.3. The molecule has 6 nitrogen and oxygen atoms in total. The van der Waals surface area contributed by atoms with Crippen LogP contribution in [0.5, 0.6) is 0 Å². The highest BCUT2D eigenvalue weighted by molar-refractivity contribution is 5.92. The van der Waals surface area contributed by atoms with Gasteiger partial charge in [-0.05, 0) is 37.1 Å². The number of carbonyl (C=O) groups excluding carboxylic acids is 1. The van der Waals surface area contributed by atoms with Crippen LogP contribution in [0.3, 0.4) is 0 Å². The lowest BCUT2D eigenvalue weighted by atomic mass is 10.1. The normalized spacial score (nSPS) is 14.6. The van der Waals surface area contributed by atoms with Gasteiger partial charge in [0.2, 0.25) is 5.91 Å². The van der Waals surface area contributed by atoms with Gasteiger partial charge < -0.3 is 11.1 Å². The number of nitrogens with zero attached hydrogens (tertiary/aromatic N) is 2. The lowest BCUT2D eigenvalue weighted by molar-refractivity contribution is -0.119. The van der Waals surface area contributed by atoms with E-state index in [2.05, 4.69) is 20.5 Å². The highest BCUT2D eigenvalue weighted by atomic mass is 35.5. The van der Waals surface area contributed by atoms with Crippen LogP contribution in [0.25, 0.3) is 11.4 Å². The molecule has 1 saturated carbocycles. The fourth-order valence-corrected chi connectivity index (χ4v) is 2.65. The van der Waals surface area contributed by atoms with E-state index in [-0.39, 0.29) is 24.2 Å². The number of amides is 1. The molecule has 118 valence electrons. The van der Waals surface area contributed by atoms with E-state index in [0.717, 1.165) is 36.9 Å². The molecule has 4 N–H and O–H groups in total. The van der Waals surface area contributed by atoms with Crippen molar-refractivity contribution in [3.05, 3.63) is 30.1 Å². The molecule has 0 radical (unpaired) electrons. The maximum atomic E-state index is 12.1. The van der Waals surface area contributed by atoms with E-state index < -0.39 is 0 Å². The molecule has 0 aliphatic heterocycles. The van der Waals surface area contributed by atoms with Gasteiger partial charge in [0, 0.05) is 17.2 Å². The molecule has 0 bridgehead atoms. The first-order valence-electron chi connectivity index (χ1n) is 7.29. The van der Waals surface area contributed by atoms with Gasteiger partial charge in [0.25, 0.3) is 0 Å². The highest BCUT2D eigenvalue weighted by Crippen LogP contribution is 2.26. The summed E-state index contributed by atoms with van der Waals surface area (Å²) in [7, 11) is 0. The van der Waals surface area contributed by atoms with Gasteiger partial charge in [-0.15, -0.1) is 12.4 Å². The van der Waals surface area contributed by atoms with Crippen LogP contribution < -0.4 is 11.1 Å². The predicted octanol–water partition coefficient (Wildman–Crippen LogP) is 2.48. The van der Waals surface area contributed by atoms with Gasteiger partial charge in [0.05, 0.1) is 6.54 Å². The summed E-state index contributed by atoms with van der Waals surface area (Å²) in [5.41, 5.74) is 7.20. The van der Waals surface area contributed by atoms with E-state index in [4.69, 9.17) is 5.73 Å². The minimum Gasteiger partial charge on any atom is -0.326 e. The smallest absolute Gasteiger partial charge is 0.227 e. The molecular weight excluding hydrogens is 302 g/mol. The van der Waals surface area contributed by atoms with Gasteiger partial charge in [-0.2, -0.15) is 5.10 Å². The average Bonchev–Trinajstić information content (AvgIpc) is 3.19. The summed E-state index contributed by atoms with van der Waals surface area (Å²) >= 11 is 0. The standard InChI is InChI=1S/C15H19N5O.ClH/c16-9-13-18-14(20-19-13)10-5-7-12(8-6-10)17-15(21)11-3-1-2-4-11;/h5-8,11H,1-4,9,16H2,(H,17,21)(H,18,19,20);1H. The number of aromatic nitrogens is 3. The van der Waals surface area contributed by atoms with Crippen LogP contribution in [0.15, 0.2) is 24.3 Å². The maximum Gasteiger partial charge on any atom is 0.227 e. The van der Waals surface area contributed by atoms with Crippen LogP contribution >= 0.6 is 12.4 Å². The van der Waals surface area contributed by atoms with Gasteiger partial charge in [-0.25, -0.2) is 4.98 Å². The van der Waals surface area contributed by atoms with E-state index in [1.165, 1.54) is 0 Å². The van der Waals surface area contributed by atoms with E-state index in [1.54, 1.807) is 0 Å². The Labute approximate surface area is 135 Å². The summed E-state index contributed by atoms with van der Waals surface area (Å²) in [5, 5.41) is 9.86. The van der Waals surface area contributed by atoms with Crippen molar-refractivity contribution < 1.29 is 4.79 Å². The Morgan fingerprint density at radius 2 is 1.95 bits per heavy atom. The van der Waals surface area contributed by atoms with Crippen LogP contribution in [-0.2, 0) is 11.3 Å². The Hall–Kier alpha value is -1.92. The number of hydrogen-bond donors (Lipinski definition) is 3. The van der Waals surface area contributed by atoms with Crippen LogP contribution in [-0.4, -0.2) is 21.1 Å². The number of benzene rings is 1. The lowest BCUT2D eigenvalue weighted by Crippen LogP contribution is -2.20. The third-order valence-electron chi connectivity index (χ3n) is 3.86. The van der Waals surface area contributed by atoms with Gasteiger partial charge in [0.15, 0.2) is 5.82 Å². The second kappa shape index (κ2) is 7.38. The summed E-state index contributed by atoms with van der Waals surface area (Å²) in [5.74, 6) is 1.57. The van der Waals surface area contributed by atoms with Crippen molar-refractivity contribution in [3.63, 3.8) is 0 Å². The van der Waals surface area contributed by atoms with Crippen molar-refractivity contribution in [3.8, 4) is 11.4 Å². The molecule has 7 heteroatoms. The van der Waals surface area contributed by atoms with Crippen molar-refractivity contribution in [2.75, 3.05) is 5.32 Å². The number of carbonyl (C=O) groups is 1. The lowest BCUT2D eigenvalue weighted by Gasteiger charge is -2.10.